The Kier molecular flexibility index (Phi) is 4.71. The standard InChI is InChI=1S/C15H18N4O2/c1-3-17-13-6-14(8-15(7-13)19(20)21)18-10-12-9-16-5-4-11(12)2/h4-9,17-18H,3,10H2,1-2H3. The van der Waals surface area contributed by atoms with Crippen LogP contribution in [0.25, 0.3) is 0 Å². The van der Waals surface area contributed by atoms with Gasteiger partial charge in [-0.15, -0.1) is 0 Å². The molecule has 0 aliphatic carbocycles. The van der Waals surface area contributed by atoms with E-state index in [9.17, 15) is 10.1 Å². The van der Waals surface area contributed by atoms with Crippen molar-refractivity contribution in [1.82, 2.24) is 4.98 Å². The van der Waals surface area contributed by atoms with Crippen molar-refractivity contribution in [2.75, 3.05) is 17.2 Å². The molecule has 0 aliphatic rings. The van der Waals surface area contributed by atoms with Gasteiger partial charge in [0.25, 0.3) is 5.69 Å². The highest BCUT2D eigenvalue weighted by molar-refractivity contribution is 5.63. The van der Waals surface area contributed by atoms with Crippen molar-refractivity contribution in [2.24, 2.45) is 0 Å². The minimum absolute atomic E-state index is 0.0684. The normalized spacial score (nSPS) is 10.2. The van der Waals surface area contributed by atoms with Gasteiger partial charge in [-0.05, 0) is 37.1 Å². The molecule has 0 saturated heterocycles. The van der Waals surface area contributed by atoms with E-state index in [1.165, 1.54) is 12.1 Å². The minimum Gasteiger partial charge on any atom is -0.385 e. The number of anilines is 2. The Bertz CT molecular complexity index is 643. The number of hydrogen-bond donors (Lipinski definition) is 2. The van der Waals surface area contributed by atoms with Crippen LogP contribution in [0.2, 0.25) is 0 Å². The molecule has 0 atom stereocenters. The van der Waals surface area contributed by atoms with Crippen LogP contribution in [0, 0.1) is 17.0 Å². The third-order valence-corrected chi connectivity index (χ3v) is 3.14. The summed E-state index contributed by atoms with van der Waals surface area (Å²) in [6, 6.07) is 6.87. The van der Waals surface area contributed by atoms with Gasteiger partial charge < -0.3 is 10.6 Å². The Hall–Kier alpha value is -2.63. The van der Waals surface area contributed by atoms with Crippen molar-refractivity contribution >= 4 is 17.1 Å². The van der Waals surface area contributed by atoms with Crippen molar-refractivity contribution in [3.8, 4) is 0 Å². The number of rotatable bonds is 6. The Morgan fingerprint density at radius 1 is 1.24 bits per heavy atom. The number of nitrogens with one attached hydrogen (secondary N) is 2. The molecule has 6 nitrogen and oxygen atoms in total. The molecular weight excluding hydrogens is 268 g/mol. The Morgan fingerprint density at radius 3 is 2.57 bits per heavy atom. The zero-order chi connectivity index (χ0) is 15.2. The van der Waals surface area contributed by atoms with Gasteiger partial charge in [0.2, 0.25) is 0 Å². The predicted molar refractivity (Wildman–Crippen MR) is 83.6 cm³/mol. The Labute approximate surface area is 123 Å². The smallest absolute Gasteiger partial charge is 0.273 e. The van der Waals surface area contributed by atoms with Crippen molar-refractivity contribution < 1.29 is 4.92 Å². The summed E-state index contributed by atoms with van der Waals surface area (Å²) in [4.78, 5) is 14.7. The lowest BCUT2D eigenvalue weighted by atomic mass is 10.1. The topological polar surface area (TPSA) is 80.1 Å². The number of aromatic nitrogens is 1. The number of nitrogens with zero attached hydrogens (tertiary/aromatic N) is 2. The van der Waals surface area contributed by atoms with E-state index in [0.29, 0.717) is 18.8 Å². The van der Waals surface area contributed by atoms with Crippen LogP contribution < -0.4 is 10.6 Å². The fourth-order valence-corrected chi connectivity index (χ4v) is 2.00. The van der Waals surface area contributed by atoms with Crippen molar-refractivity contribution in [3.63, 3.8) is 0 Å². The largest absolute Gasteiger partial charge is 0.385 e. The molecule has 0 fully saturated rings. The van der Waals surface area contributed by atoms with Gasteiger partial charge in [0, 0.05) is 49.0 Å². The number of aryl methyl sites for hydroxylation is 1. The van der Waals surface area contributed by atoms with Crippen molar-refractivity contribution in [1.29, 1.82) is 0 Å². The third kappa shape index (κ3) is 3.92. The fourth-order valence-electron chi connectivity index (χ4n) is 2.00. The van der Waals surface area contributed by atoms with Gasteiger partial charge in [-0.2, -0.15) is 0 Å². The van der Waals surface area contributed by atoms with E-state index in [2.05, 4.69) is 15.6 Å². The molecule has 2 N–H and O–H groups in total. The molecule has 110 valence electrons. The predicted octanol–water partition coefficient (Wildman–Crippen LogP) is 3.34. The first-order valence-electron chi connectivity index (χ1n) is 6.77. The molecule has 1 aromatic heterocycles. The number of pyridine rings is 1. The first-order valence-corrected chi connectivity index (χ1v) is 6.77. The molecule has 2 aromatic rings. The van der Waals surface area contributed by atoms with Crippen LogP contribution in [0.4, 0.5) is 17.1 Å². The quantitative estimate of drug-likeness (QED) is 0.629. The zero-order valence-electron chi connectivity index (χ0n) is 12.1. The molecule has 0 aliphatic heterocycles. The summed E-state index contributed by atoms with van der Waals surface area (Å²) in [5.74, 6) is 0. The summed E-state index contributed by atoms with van der Waals surface area (Å²) in [6.07, 6.45) is 3.54. The molecule has 6 heteroatoms. The maximum absolute atomic E-state index is 11.0. The second-order valence-corrected chi connectivity index (χ2v) is 4.71. The number of nitro benzene ring substituents is 1. The summed E-state index contributed by atoms with van der Waals surface area (Å²) in [5, 5.41) is 17.3. The number of hydrogen-bond acceptors (Lipinski definition) is 5. The molecule has 21 heavy (non-hydrogen) atoms. The van der Waals surface area contributed by atoms with Crippen LogP contribution in [-0.4, -0.2) is 16.5 Å². The molecular formula is C15H18N4O2. The third-order valence-electron chi connectivity index (χ3n) is 3.14. The van der Waals surface area contributed by atoms with Crippen LogP contribution in [0.1, 0.15) is 18.1 Å². The first kappa shape index (κ1) is 14.8. The van der Waals surface area contributed by atoms with E-state index in [1.54, 1.807) is 12.4 Å². The number of non-ortho nitro benzene ring substituents is 1. The van der Waals surface area contributed by atoms with Crippen LogP contribution in [0.5, 0.6) is 0 Å². The van der Waals surface area contributed by atoms with Crippen molar-refractivity contribution in [2.45, 2.75) is 20.4 Å². The van der Waals surface area contributed by atoms with Crippen LogP contribution in [0.15, 0.2) is 36.7 Å². The highest BCUT2D eigenvalue weighted by Crippen LogP contribution is 2.24. The van der Waals surface area contributed by atoms with E-state index < -0.39 is 0 Å². The molecule has 0 spiro atoms. The Balaban J connectivity index is 2.19. The van der Waals surface area contributed by atoms with E-state index in [1.807, 2.05) is 26.0 Å². The van der Waals surface area contributed by atoms with Gasteiger partial charge in [-0.1, -0.05) is 0 Å². The van der Waals surface area contributed by atoms with Gasteiger partial charge in [0.1, 0.15) is 0 Å². The Morgan fingerprint density at radius 2 is 1.95 bits per heavy atom. The molecule has 2 rings (SSSR count). The van der Waals surface area contributed by atoms with Gasteiger partial charge >= 0.3 is 0 Å². The monoisotopic (exact) mass is 286 g/mol. The lowest BCUT2D eigenvalue weighted by molar-refractivity contribution is -0.384. The highest BCUT2D eigenvalue weighted by Gasteiger charge is 2.09. The van der Waals surface area contributed by atoms with E-state index in [4.69, 9.17) is 0 Å². The van der Waals surface area contributed by atoms with Crippen LogP contribution in [0.3, 0.4) is 0 Å². The van der Waals surface area contributed by atoms with Gasteiger partial charge in [-0.3, -0.25) is 15.1 Å². The SMILES string of the molecule is CCNc1cc(NCc2cnccc2C)cc([N+](=O)[O-])c1. The highest BCUT2D eigenvalue weighted by atomic mass is 16.6. The maximum Gasteiger partial charge on any atom is 0.273 e. The summed E-state index contributed by atoms with van der Waals surface area (Å²) < 4.78 is 0. The summed E-state index contributed by atoms with van der Waals surface area (Å²) in [5.41, 5.74) is 3.71. The number of nitro groups is 1. The molecule has 0 saturated carbocycles. The maximum atomic E-state index is 11.0. The van der Waals surface area contributed by atoms with Crippen LogP contribution in [-0.2, 0) is 6.54 Å². The summed E-state index contributed by atoms with van der Waals surface area (Å²) in [7, 11) is 0. The molecule has 0 amide bonds. The summed E-state index contributed by atoms with van der Waals surface area (Å²) in [6.45, 7) is 5.25. The van der Waals surface area contributed by atoms with Gasteiger partial charge in [-0.25, -0.2) is 0 Å². The van der Waals surface area contributed by atoms with E-state index in [0.717, 1.165) is 16.8 Å². The van der Waals surface area contributed by atoms with Crippen molar-refractivity contribution in [3.05, 3.63) is 57.9 Å². The second-order valence-electron chi connectivity index (χ2n) is 4.71. The molecule has 0 bridgehead atoms. The average molecular weight is 286 g/mol. The van der Waals surface area contributed by atoms with E-state index >= 15 is 0 Å². The minimum atomic E-state index is -0.388. The van der Waals surface area contributed by atoms with E-state index in [-0.39, 0.29) is 10.6 Å². The molecule has 1 heterocycles. The number of benzene rings is 1. The lowest BCUT2D eigenvalue weighted by Gasteiger charge is -2.11. The molecule has 0 radical (unpaired) electrons. The zero-order valence-corrected chi connectivity index (χ0v) is 12.1. The second kappa shape index (κ2) is 6.69. The summed E-state index contributed by atoms with van der Waals surface area (Å²) >= 11 is 0. The first-order chi connectivity index (χ1) is 10.1. The lowest BCUT2D eigenvalue weighted by Crippen LogP contribution is -2.04. The van der Waals surface area contributed by atoms with Gasteiger partial charge in [0.15, 0.2) is 0 Å². The molecule has 1 aromatic carbocycles. The fraction of sp³-hybridized carbons (Fsp3) is 0.267. The van der Waals surface area contributed by atoms with Gasteiger partial charge in [0.05, 0.1) is 4.92 Å². The average Bonchev–Trinajstić information content (AvgIpc) is 2.46. The molecule has 0 unspecified atom stereocenters. The van der Waals surface area contributed by atoms with Crippen LogP contribution >= 0.6 is 0 Å².